The van der Waals surface area contributed by atoms with E-state index in [9.17, 15) is 4.79 Å². The average Bonchev–Trinajstić information content (AvgIpc) is 3.10. The highest BCUT2D eigenvalue weighted by Crippen LogP contribution is 2.33. The molecule has 2 saturated heterocycles. The summed E-state index contributed by atoms with van der Waals surface area (Å²) in [6.45, 7) is 5.57. The molecule has 0 bridgehead atoms. The van der Waals surface area contributed by atoms with Crippen LogP contribution >= 0.6 is 11.6 Å². The quantitative estimate of drug-likeness (QED) is 0.805. The highest BCUT2D eigenvalue weighted by atomic mass is 35.5. The third-order valence-corrected chi connectivity index (χ3v) is 5.25. The first-order valence-electron chi connectivity index (χ1n) is 9.13. The molecule has 0 saturated carbocycles. The van der Waals surface area contributed by atoms with Crippen LogP contribution in [-0.2, 0) is 15.1 Å². The number of hydrogen-bond acceptors (Lipinski definition) is 6. The Labute approximate surface area is 162 Å². The van der Waals surface area contributed by atoms with Crippen LogP contribution in [0.4, 0.5) is 0 Å². The van der Waals surface area contributed by atoms with E-state index in [0.29, 0.717) is 30.7 Å². The van der Waals surface area contributed by atoms with Gasteiger partial charge >= 0.3 is 0 Å². The summed E-state index contributed by atoms with van der Waals surface area (Å²) in [7, 11) is 0. The van der Waals surface area contributed by atoms with Gasteiger partial charge < -0.3 is 20.1 Å². The number of carbonyl (C=O) groups excluding carboxylic acids is 1. The van der Waals surface area contributed by atoms with Crippen molar-refractivity contribution < 1.29 is 14.3 Å². The Hall–Kier alpha value is -1.96. The summed E-state index contributed by atoms with van der Waals surface area (Å²) in [6.07, 6.45) is 4.74. The van der Waals surface area contributed by atoms with Crippen molar-refractivity contribution in [3.05, 3.63) is 29.2 Å². The van der Waals surface area contributed by atoms with Gasteiger partial charge in [0.05, 0.1) is 18.5 Å². The molecule has 27 heavy (non-hydrogen) atoms. The second kappa shape index (κ2) is 6.89. The Kier molecular flexibility index (Phi) is 4.70. The van der Waals surface area contributed by atoms with Crippen LogP contribution < -0.4 is 10.5 Å². The Morgan fingerprint density at radius 2 is 2.11 bits per heavy atom. The van der Waals surface area contributed by atoms with Gasteiger partial charge in [-0.3, -0.25) is 4.79 Å². The molecular formula is C19H23ClN4O3. The topological polar surface area (TPSA) is 90.6 Å². The summed E-state index contributed by atoms with van der Waals surface area (Å²) in [5.41, 5.74) is 6.57. The van der Waals surface area contributed by atoms with Crippen LogP contribution in [0.25, 0.3) is 10.8 Å². The Balaban J connectivity index is 1.51. The summed E-state index contributed by atoms with van der Waals surface area (Å²) < 4.78 is 11.5. The third-order valence-electron chi connectivity index (χ3n) is 5.04. The first kappa shape index (κ1) is 18.4. The van der Waals surface area contributed by atoms with E-state index < -0.39 is 5.54 Å². The number of aromatic nitrogens is 2. The van der Waals surface area contributed by atoms with E-state index in [1.807, 2.05) is 13.8 Å². The Morgan fingerprint density at radius 3 is 2.78 bits per heavy atom. The minimum atomic E-state index is -0.574. The van der Waals surface area contributed by atoms with Gasteiger partial charge in [0.1, 0.15) is 17.4 Å². The maximum absolute atomic E-state index is 12.3. The lowest BCUT2D eigenvalue weighted by molar-refractivity contribution is -0.149. The van der Waals surface area contributed by atoms with Gasteiger partial charge in [-0.1, -0.05) is 11.6 Å². The summed E-state index contributed by atoms with van der Waals surface area (Å²) in [4.78, 5) is 22.7. The highest BCUT2D eigenvalue weighted by molar-refractivity contribution is 6.30. The maximum atomic E-state index is 12.3. The molecule has 0 aromatic carbocycles. The van der Waals surface area contributed by atoms with E-state index in [4.69, 9.17) is 26.8 Å². The van der Waals surface area contributed by atoms with Crippen molar-refractivity contribution in [3.63, 3.8) is 0 Å². The van der Waals surface area contributed by atoms with Gasteiger partial charge in [0.15, 0.2) is 0 Å². The SMILES string of the molecule is CC(C)(N)c1cnc(OC2CN(C(=O)C3CCCO3)C2)c2cnc(Cl)cc12. The number of nitrogens with two attached hydrogens (primary N) is 1. The molecule has 0 spiro atoms. The fourth-order valence-electron chi connectivity index (χ4n) is 3.52. The summed E-state index contributed by atoms with van der Waals surface area (Å²) in [5.74, 6) is 0.537. The third kappa shape index (κ3) is 3.59. The summed E-state index contributed by atoms with van der Waals surface area (Å²) in [5, 5.41) is 2.03. The van der Waals surface area contributed by atoms with Crippen molar-refractivity contribution in [2.45, 2.75) is 44.4 Å². The number of carbonyl (C=O) groups is 1. The van der Waals surface area contributed by atoms with Crippen molar-refractivity contribution >= 4 is 28.3 Å². The lowest BCUT2D eigenvalue weighted by Crippen LogP contribution is -2.58. The summed E-state index contributed by atoms with van der Waals surface area (Å²) in [6, 6.07) is 1.78. The predicted molar refractivity (Wildman–Crippen MR) is 102 cm³/mol. The summed E-state index contributed by atoms with van der Waals surface area (Å²) >= 11 is 6.08. The normalized spacial score (nSPS) is 20.7. The number of halogens is 1. The molecule has 2 aliphatic rings. The van der Waals surface area contributed by atoms with Crippen molar-refractivity contribution in [2.24, 2.45) is 5.73 Å². The molecule has 0 aliphatic carbocycles. The number of ether oxygens (including phenoxy) is 2. The smallest absolute Gasteiger partial charge is 0.251 e. The standard InChI is InChI=1S/C19H23ClN4O3/c1-19(2,21)14-8-23-17(13-7-22-16(20)6-12(13)14)27-11-9-24(10-11)18(25)15-4-3-5-26-15/h6-8,11,15H,3-5,9-10,21H2,1-2H3. The van der Waals surface area contributed by atoms with E-state index in [2.05, 4.69) is 9.97 Å². The minimum absolute atomic E-state index is 0.0545. The molecule has 1 amide bonds. The minimum Gasteiger partial charge on any atom is -0.470 e. The lowest BCUT2D eigenvalue weighted by atomic mass is 9.93. The molecule has 8 heteroatoms. The van der Waals surface area contributed by atoms with Crippen LogP contribution in [0.2, 0.25) is 5.15 Å². The number of hydrogen-bond donors (Lipinski definition) is 1. The van der Waals surface area contributed by atoms with E-state index in [1.165, 1.54) is 0 Å². The number of amides is 1. The maximum Gasteiger partial charge on any atom is 0.251 e. The van der Waals surface area contributed by atoms with Gasteiger partial charge in [0, 0.05) is 24.5 Å². The highest BCUT2D eigenvalue weighted by Gasteiger charge is 2.37. The number of rotatable bonds is 4. The largest absolute Gasteiger partial charge is 0.470 e. The van der Waals surface area contributed by atoms with E-state index in [-0.39, 0.29) is 18.1 Å². The zero-order valence-electron chi connectivity index (χ0n) is 15.4. The first-order valence-corrected chi connectivity index (χ1v) is 9.51. The van der Waals surface area contributed by atoms with Crippen molar-refractivity contribution in [2.75, 3.05) is 19.7 Å². The Morgan fingerprint density at radius 1 is 1.33 bits per heavy atom. The van der Waals surface area contributed by atoms with Gasteiger partial charge in [-0.25, -0.2) is 9.97 Å². The van der Waals surface area contributed by atoms with E-state index in [1.54, 1.807) is 23.4 Å². The number of pyridine rings is 2. The molecule has 2 aromatic heterocycles. The van der Waals surface area contributed by atoms with E-state index in [0.717, 1.165) is 29.2 Å². The van der Waals surface area contributed by atoms with Gasteiger partial charge in [0.25, 0.3) is 5.91 Å². The molecule has 144 valence electrons. The molecule has 2 fully saturated rings. The van der Waals surface area contributed by atoms with Gasteiger partial charge in [0.2, 0.25) is 5.88 Å². The molecule has 2 N–H and O–H groups in total. The van der Waals surface area contributed by atoms with Crippen molar-refractivity contribution in [3.8, 4) is 5.88 Å². The van der Waals surface area contributed by atoms with Crippen LogP contribution in [0.15, 0.2) is 18.5 Å². The monoisotopic (exact) mass is 390 g/mol. The lowest BCUT2D eigenvalue weighted by Gasteiger charge is -2.39. The van der Waals surface area contributed by atoms with Gasteiger partial charge in [-0.2, -0.15) is 0 Å². The Bertz CT molecular complexity index is 871. The van der Waals surface area contributed by atoms with Gasteiger partial charge in [-0.15, -0.1) is 0 Å². The number of nitrogens with zero attached hydrogens (tertiary/aromatic N) is 3. The average molecular weight is 391 g/mol. The van der Waals surface area contributed by atoms with Crippen molar-refractivity contribution in [1.29, 1.82) is 0 Å². The van der Waals surface area contributed by atoms with E-state index >= 15 is 0 Å². The van der Waals surface area contributed by atoms with Crippen molar-refractivity contribution in [1.82, 2.24) is 14.9 Å². The molecule has 2 aliphatic heterocycles. The molecular weight excluding hydrogens is 368 g/mol. The zero-order chi connectivity index (χ0) is 19.2. The fraction of sp³-hybridized carbons (Fsp3) is 0.526. The van der Waals surface area contributed by atoms with Crippen LogP contribution in [0, 0.1) is 0 Å². The zero-order valence-corrected chi connectivity index (χ0v) is 16.2. The second-order valence-electron chi connectivity index (χ2n) is 7.74. The van der Waals surface area contributed by atoms with Gasteiger partial charge in [-0.05, 0) is 43.7 Å². The number of likely N-dealkylation sites (tertiary alicyclic amines) is 1. The molecule has 2 aromatic rings. The molecule has 4 heterocycles. The second-order valence-corrected chi connectivity index (χ2v) is 8.12. The molecule has 0 radical (unpaired) electrons. The van der Waals surface area contributed by atoms with Crippen LogP contribution in [-0.4, -0.2) is 52.7 Å². The van der Waals surface area contributed by atoms with Crippen LogP contribution in [0.3, 0.4) is 0 Å². The molecule has 1 unspecified atom stereocenters. The predicted octanol–water partition coefficient (Wildman–Crippen LogP) is 2.25. The molecule has 1 atom stereocenters. The number of fused-ring (bicyclic) bond motifs is 1. The fourth-order valence-corrected chi connectivity index (χ4v) is 3.68. The van der Waals surface area contributed by atoms with Crippen LogP contribution in [0.1, 0.15) is 32.3 Å². The molecule has 7 nitrogen and oxygen atoms in total. The van der Waals surface area contributed by atoms with Crippen LogP contribution in [0.5, 0.6) is 5.88 Å². The molecule has 4 rings (SSSR count). The first-order chi connectivity index (χ1) is 12.8.